The lowest BCUT2D eigenvalue weighted by molar-refractivity contribution is -0.385. The van der Waals surface area contributed by atoms with Crippen molar-refractivity contribution in [1.82, 2.24) is 5.32 Å². The number of anilines is 1. The van der Waals surface area contributed by atoms with E-state index in [-0.39, 0.29) is 11.3 Å². The van der Waals surface area contributed by atoms with Crippen LogP contribution in [0, 0.1) is 15.9 Å². The number of nitrogens with one attached hydrogen (secondary N) is 2. The Kier molecular flexibility index (Phi) is 3.94. The Labute approximate surface area is 95.9 Å². The Morgan fingerprint density at radius 1 is 1.59 bits per heavy atom. The second-order valence-electron chi connectivity index (χ2n) is 3.11. The van der Waals surface area contributed by atoms with Crippen LogP contribution in [0.5, 0.6) is 0 Å². The highest BCUT2D eigenvalue weighted by Gasteiger charge is 2.22. The lowest BCUT2D eigenvalue weighted by Gasteiger charge is -2.07. The summed E-state index contributed by atoms with van der Waals surface area (Å²) in [6.07, 6.45) is 0. The predicted molar refractivity (Wildman–Crippen MR) is 58.9 cm³/mol. The average molecular weight is 242 g/mol. The maximum absolute atomic E-state index is 13.3. The Morgan fingerprint density at radius 2 is 2.24 bits per heavy atom. The van der Waals surface area contributed by atoms with Crippen LogP contribution in [0.15, 0.2) is 12.1 Å². The zero-order valence-electron chi connectivity index (χ0n) is 8.99. The van der Waals surface area contributed by atoms with E-state index in [1.165, 1.54) is 0 Å². The minimum atomic E-state index is -0.896. The maximum Gasteiger partial charge on any atom is 0.285 e. The summed E-state index contributed by atoms with van der Waals surface area (Å²) in [5.41, 5.74) is 0.989. The molecule has 0 fully saturated rings. The predicted octanol–water partition coefficient (Wildman–Crippen LogP) is 0.769. The lowest BCUT2D eigenvalue weighted by Crippen LogP contribution is -2.24. The summed E-state index contributed by atoms with van der Waals surface area (Å²) >= 11 is 0. The molecule has 7 nitrogen and oxygen atoms in total. The van der Waals surface area contributed by atoms with Gasteiger partial charge in [-0.25, -0.2) is 4.39 Å². The summed E-state index contributed by atoms with van der Waals surface area (Å²) in [6.45, 7) is 1.97. The Bertz CT molecular complexity index is 464. The van der Waals surface area contributed by atoms with Crippen LogP contribution in [0.2, 0.25) is 0 Å². The van der Waals surface area contributed by atoms with E-state index in [2.05, 4.69) is 5.32 Å². The molecule has 0 aliphatic carbocycles. The van der Waals surface area contributed by atoms with Crippen molar-refractivity contribution in [2.75, 3.05) is 12.0 Å². The van der Waals surface area contributed by atoms with Gasteiger partial charge in [0.15, 0.2) is 5.82 Å². The molecule has 0 aromatic heterocycles. The topological polar surface area (TPSA) is 110 Å². The maximum atomic E-state index is 13.3. The Balaban J connectivity index is 3.33. The third kappa shape index (κ3) is 2.67. The fourth-order valence-corrected chi connectivity index (χ4v) is 1.26. The number of carbonyl (C=O) groups is 1. The molecule has 1 rings (SSSR count). The number of amides is 1. The zero-order chi connectivity index (χ0) is 13.0. The normalized spacial score (nSPS) is 9.82. The first-order chi connectivity index (χ1) is 8.01. The highest BCUT2D eigenvalue weighted by Crippen LogP contribution is 2.25. The highest BCUT2D eigenvalue weighted by molar-refractivity contribution is 5.99. The minimum absolute atomic E-state index is 0.183. The third-order valence-corrected chi connectivity index (χ3v) is 2.02. The molecule has 0 unspecified atom stereocenters. The zero-order valence-corrected chi connectivity index (χ0v) is 8.99. The summed E-state index contributed by atoms with van der Waals surface area (Å²) in [6, 6.07) is 1.65. The van der Waals surface area contributed by atoms with Crippen LogP contribution >= 0.6 is 0 Å². The molecule has 0 radical (unpaired) electrons. The van der Waals surface area contributed by atoms with Gasteiger partial charge < -0.3 is 10.7 Å². The molecule has 4 N–H and O–H groups in total. The number of hydrogen-bond acceptors (Lipinski definition) is 5. The molecular formula is C9H11FN4O3. The molecule has 1 aromatic rings. The van der Waals surface area contributed by atoms with Crippen LogP contribution in [0.1, 0.15) is 17.3 Å². The van der Waals surface area contributed by atoms with Crippen LogP contribution in [0.25, 0.3) is 0 Å². The van der Waals surface area contributed by atoms with Gasteiger partial charge in [0.1, 0.15) is 5.56 Å². The number of halogens is 1. The summed E-state index contributed by atoms with van der Waals surface area (Å²) in [4.78, 5) is 21.4. The van der Waals surface area contributed by atoms with Crippen molar-refractivity contribution in [2.24, 2.45) is 5.84 Å². The van der Waals surface area contributed by atoms with Gasteiger partial charge in [-0.15, -0.1) is 0 Å². The molecule has 0 aliphatic heterocycles. The summed E-state index contributed by atoms with van der Waals surface area (Å²) in [5.74, 6) is 3.48. The van der Waals surface area contributed by atoms with Gasteiger partial charge in [-0.1, -0.05) is 0 Å². The van der Waals surface area contributed by atoms with Crippen LogP contribution in [-0.4, -0.2) is 17.4 Å². The summed E-state index contributed by atoms with van der Waals surface area (Å²) < 4.78 is 13.3. The molecular weight excluding hydrogens is 231 g/mol. The van der Waals surface area contributed by atoms with Gasteiger partial charge in [-0.05, 0) is 13.0 Å². The fraction of sp³-hybridized carbons (Fsp3) is 0.222. The highest BCUT2D eigenvalue weighted by atomic mass is 19.1. The smallest absolute Gasteiger partial charge is 0.285 e. The van der Waals surface area contributed by atoms with Crippen molar-refractivity contribution in [3.8, 4) is 0 Å². The number of nitrogen functional groups attached to an aromatic ring is 1. The molecule has 1 aromatic carbocycles. The summed E-state index contributed by atoms with van der Waals surface area (Å²) in [5, 5.41) is 13.1. The van der Waals surface area contributed by atoms with Crippen LogP contribution < -0.4 is 16.6 Å². The van der Waals surface area contributed by atoms with Crippen molar-refractivity contribution < 1.29 is 14.1 Å². The molecule has 0 bridgehead atoms. The number of carbonyl (C=O) groups excluding carboxylic acids is 1. The van der Waals surface area contributed by atoms with Crippen molar-refractivity contribution in [3.05, 3.63) is 33.6 Å². The molecule has 0 heterocycles. The van der Waals surface area contributed by atoms with E-state index in [1.807, 2.05) is 5.43 Å². The van der Waals surface area contributed by atoms with Crippen molar-refractivity contribution >= 4 is 17.3 Å². The number of nitro benzene ring substituents is 1. The molecule has 92 valence electrons. The van der Waals surface area contributed by atoms with Crippen molar-refractivity contribution in [1.29, 1.82) is 0 Å². The van der Waals surface area contributed by atoms with E-state index in [9.17, 15) is 19.3 Å². The SMILES string of the molecule is CCNC(=O)c1cc(NN)c(F)cc1[N+](=O)[O-]. The number of rotatable bonds is 4. The standard InChI is InChI=1S/C9H11FN4O3/c1-2-12-9(15)5-3-7(13-11)6(10)4-8(5)14(16)17/h3-4,13H,2,11H2,1H3,(H,12,15). The van der Waals surface area contributed by atoms with Gasteiger partial charge in [0.05, 0.1) is 16.7 Å². The van der Waals surface area contributed by atoms with E-state index in [1.54, 1.807) is 6.92 Å². The van der Waals surface area contributed by atoms with E-state index < -0.39 is 22.3 Å². The number of nitrogens with zero attached hydrogens (tertiary/aromatic N) is 1. The molecule has 8 heteroatoms. The summed E-state index contributed by atoms with van der Waals surface area (Å²) in [7, 11) is 0. The Hall–Kier alpha value is -2.22. The molecule has 0 saturated carbocycles. The van der Waals surface area contributed by atoms with Crippen molar-refractivity contribution in [3.63, 3.8) is 0 Å². The first kappa shape index (κ1) is 12.8. The molecule has 0 aliphatic rings. The van der Waals surface area contributed by atoms with Gasteiger partial charge >= 0.3 is 0 Å². The average Bonchev–Trinajstić information content (AvgIpc) is 2.28. The van der Waals surface area contributed by atoms with Crippen LogP contribution in [0.4, 0.5) is 15.8 Å². The van der Waals surface area contributed by atoms with Gasteiger partial charge in [-0.3, -0.25) is 20.8 Å². The quantitative estimate of drug-likeness (QED) is 0.410. The van der Waals surface area contributed by atoms with Crippen LogP contribution in [0.3, 0.4) is 0 Å². The van der Waals surface area contributed by atoms with Crippen molar-refractivity contribution in [2.45, 2.75) is 6.92 Å². The largest absolute Gasteiger partial charge is 0.352 e. The van der Waals surface area contributed by atoms with Gasteiger partial charge in [-0.2, -0.15) is 0 Å². The van der Waals surface area contributed by atoms with Gasteiger partial charge in [0, 0.05) is 6.54 Å². The molecule has 17 heavy (non-hydrogen) atoms. The number of hydrazine groups is 1. The molecule has 1 amide bonds. The first-order valence-electron chi connectivity index (χ1n) is 4.74. The Morgan fingerprint density at radius 3 is 2.71 bits per heavy atom. The van der Waals surface area contributed by atoms with Crippen LogP contribution in [-0.2, 0) is 0 Å². The lowest BCUT2D eigenvalue weighted by atomic mass is 10.1. The molecule has 0 saturated heterocycles. The van der Waals surface area contributed by atoms with E-state index in [0.717, 1.165) is 6.07 Å². The van der Waals surface area contributed by atoms with E-state index in [0.29, 0.717) is 12.6 Å². The van der Waals surface area contributed by atoms with Gasteiger partial charge in [0.2, 0.25) is 0 Å². The number of nitrogens with two attached hydrogens (primary N) is 1. The van der Waals surface area contributed by atoms with E-state index in [4.69, 9.17) is 5.84 Å². The molecule has 0 spiro atoms. The first-order valence-corrected chi connectivity index (χ1v) is 4.74. The fourth-order valence-electron chi connectivity index (χ4n) is 1.26. The minimum Gasteiger partial charge on any atom is -0.352 e. The third-order valence-electron chi connectivity index (χ3n) is 2.02. The second-order valence-corrected chi connectivity index (χ2v) is 3.11. The number of nitro groups is 1. The molecule has 0 atom stereocenters. The van der Waals surface area contributed by atoms with E-state index >= 15 is 0 Å². The number of hydrogen-bond donors (Lipinski definition) is 3. The monoisotopic (exact) mass is 242 g/mol. The number of benzene rings is 1. The second kappa shape index (κ2) is 5.21. The van der Waals surface area contributed by atoms with Gasteiger partial charge in [0.25, 0.3) is 11.6 Å².